The van der Waals surface area contributed by atoms with E-state index in [0.717, 1.165) is 16.0 Å². The molecule has 200 valence electrons. The summed E-state index contributed by atoms with van der Waals surface area (Å²) in [5, 5.41) is 13.5. The number of aryl methyl sites for hydroxylation is 1. The molecule has 1 unspecified atom stereocenters. The van der Waals surface area contributed by atoms with Crippen molar-refractivity contribution in [2.45, 2.75) is 46.1 Å². The van der Waals surface area contributed by atoms with Crippen LogP contribution in [-0.2, 0) is 15.0 Å². The van der Waals surface area contributed by atoms with Crippen molar-refractivity contribution < 1.29 is 28.9 Å². The first-order chi connectivity index (χ1) is 18.0. The summed E-state index contributed by atoms with van der Waals surface area (Å²) in [6.07, 6.45) is 0. The Hall–Kier alpha value is -3.78. The molecule has 1 aromatic heterocycles. The zero-order chi connectivity index (χ0) is 27.8. The number of carbonyl (C=O) groups is 2. The zero-order valence-corrected chi connectivity index (χ0v) is 23.6. The van der Waals surface area contributed by atoms with Crippen molar-refractivity contribution in [2.24, 2.45) is 0 Å². The summed E-state index contributed by atoms with van der Waals surface area (Å²) in [6, 6.07) is 11.5. The van der Waals surface area contributed by atoms with Crippen molar-refractivity contribution >= 4 is 34.5 Å². The van der Waals surface area contributed by atoms with Gasteiger partial charge in [0.1, 0.15) is 17.6 Å². The van der Waals surface area contributed by atoms with Gasteiger partial charge < -0.3 is 19.3 Å². The summed E-state index contributed by atoms with van der Waals surface area (Å²) in [4.78, 5) is 29.3. The molecule has 3 aromatic rings. The molecular weight excluding hydrogens is 502 g/mol. The minimum atomic E-state index is -0.808. The van der Waals surface area contributed by atoms with Crippen molar-refractivity contribution in [1.82, 2.24) is 0 Å². The van der Waals surface area contributed by atoms with Gasteiger partial charge in [-0.25, -0.2) is 0 Å². The molecule has 0 saturated carbocycles. The first kappa shape index (κ1) is 27.3. The lowest BCUT2D eigenvalue weighted by molar-refractivity contribution is -0.132. The Morgan fingerprint density at radius 3 is 2.26 bits per heavy atom. The molecule has 0 spiro atoms. The molecule has 0 bridgehead atoms. The molecule has 7 nitrogen and oxygen atoms in total. The van der Waals surface area contributed by atoms with E-state index in [2.05, 4.69) is 20.8 Å². The van der Waals surface area contributed by atoms with E-state index >= 15 is 0 Å². The van der Waals surface area contributed by atoms with Crippen LogP contribution < -0.4 is 19.1 Å². The fraction of sp³-hybridized carbons (Fsp3) is 0.333. The number of aliphatic hydroxyl groups excluding tert-OH is 1. The number of methoxy groups -OCH3 is 2. The summed E-state index contributed by atoms with van der Waals surface area (Å²) >= 11 is 1.43. The number of nitrogens with zero attached hydrogens (tertiary/aromatic N) is 1. The van der Waals surface area contributed by atoms with Gasteiger partial charge in [-0.3, -0.25) is 14.5 Å². The lowest BCUT2D eigenvalue weighted by atomic mass is 9.84. The molecule has 4 rings (SSSR count). The molecule has 2 aromatic carbocycles. The van der Waals surface area contributed by atoms with Crippen molar-refractivity contribution in [3.8, 4) is 17.2 Å². The zero-order valence-electron chi connectivity index (χ0n) is 22.7. The van der Waals surface area contributed by atoms with Crippen LogP contribution in [0.4, 0.5) is 5.69 Å². The second-order valence-corrected chi connectivity index (χ2v) is 11.0. The van der Waals surface area contributed by atoms with Crippen molar-refractivity contribution in [1.29, 1.82) is 0 Å². The molecule has 1 aliphatic heterocycles. The fourth-order valence-electron chi connectivity index (χ4n) is 4.69. The molecule has 1 fully saturated rings. The van der Waals surface area contributed by atoms with Crippen LogP contribution in [-0.4, -0.2) is 37.6 Å². The minimum Gasteiger partial charge on any atom is -0.507 e. The van der Waals surface area contributed by atoms with E-state index < -0.39 is 17.7 Å². The summed E-state index contributed by atoms with van der Waals surface area (Å²) in [5.41, 5.74) is 2.48. The number of Topliss-reactive ketones (excluding diaryl/α,β-unsaturated/α-hetero) is 1. The maximum Gasteiger partial charge on any atom is 0.300 e. The predicted octanol–water partition coefficient (Wildman–Crippen LogP) is 6.40. The topological polar surface area (TPSA) is 85.3 Å². The number of ketones is 1. The Bertz CT molecular complexity index is 1410. The maximum absolute atomic E-state index is 13.6. The van der Waals surface area contributed by atoms with E-state index in [4.69, 9.17) is 14.2 Å². The van der Waals surface area contributed by atoms with E-state index in [0.29, 0.717) is 35.1 Å². The van der Waals surface area contributed by atoms with Gasteiger partial charge in [0.05, 0.1) is 26.4 Å². The van der Waals surface area contributed by atoms with Gasteiger partial charge in [-0.05, 0) is 66.6 Å². The summed E-state index contributed by atoms with van der Waals surface area (Å²) in [6.45, 7) is 10.5. The molecule has 0 aliphatic carbocycles. The predicted molar refractivity (Wildman–Crippen MR) is 150 cm³/mol. The average Bonchev–Trinajstić information content (AvgIpc) is 3.42. The third-order valence-corrected chi connectivity index (χ3v) is 7.67. The van der Waals surface area contributed by atoms with Crippen LogP contribution in [0.3, 0.4) is 0 Å². The lowest BCUT2D eigenvalue weighted by Gasteiger charge is -2.26. The Balaban J connectivity index is 1.95. The van der Waals surface area contributed by atoms with Crippen LogP contribution in [0.2, 0.25) is 0 Å². The standard InChI is InChI=1S/C30H33NO6S/c1-8-37-21-11-9-18(15-20(21)30(3,4)5)26(32)24-25(28-17(2)13-14-38-28)31(29(34)27(24)33)19-10-12-22(35-6)23(16-19)36-7/h9-16,25,32H,8H2,1-7H3/b26-24-. The normalized spacial score (nSPS) is 17.1. The molecular formula is C30H33NO6S. The van der Waals surface area contributed by atoms with Crippen LogP contribution >= 0.6 is 11.3 Å². The molecule has 1 saturated heterocycles. The number of ether oxygens (including phenoxy) is 3. The summed E-state index contributed by atoms with van der Waals surface area (Å²) in [7, 11) is 3.04. The highest BCUT2D eigenvalue weighted by Crippen LogP contribution is 2.46. The van der Waals surface area contributed by atoms with E-state index in [1.807, 2.05) is 31.4 Å². The van der Waals surface area contributed by atoms with Crippen LogP contribution in [0.5, 0.6) is 17.2 Å². The van der Waals surface area contributed by atoms with Crippen molar-refractivity contribution in [2.75, 3.05) is 25.7 Å². The lowest BCUT2D eigenvalue weighted by Crippen LogP contribution is -2.29. The third kappa shape index (κ3) is 4.76. The highest BCUT2D eigenvalue weighted by molar-refractivity contribution is 7.10. The number of amides is 1. The molecule has 1 amide bonds. The molecule has 1 N–H and O–H groups in total. The smallest absolute Gasteiger partial charge is 0.300 e. The molecule has 1 aliphatic rings. The average molecular weight is 536 g/mol. The molecule has 8 heteroatoms. The second kappa shape index (κ2) is 10.5. The Labute approximate surface area is 227 Å². The van der Waals surface area contributed by atoms with E-state index in [1.54, 1.807) is 30.3 Å². The quantitative estimate of drug-likeness (QED) is 0.214. The molecule has 38 heavy (non-hydrogen) atoms. The number of thiophene rings is 1. The monoisotopic (exact) mass is 535 g/mol. The van der Waals surface area contributed by atoms with Gasteiger partial charge in [-0.2, -0.15) is 0 Å². The summed E-state index contributed by atoms with van der Waals surface area (Å²) in [5.74, 6) is -0.0545. The van der Waals surface area contributed by atoms with Gasteiger partial charge in [0.15, 0.2) is 11.5 Å². The van der Waals surface area contributed by atoms with Gasteiger partial charge in [0.25, 0.3) is 11.7 Å². The van der Waals surface area contributed by atoms with Crippen molar-refractivity contribution in [3.63, 3.8) is 0 Å². The van der Waals surface area contributed by atoms with E-state index in [-0.39, 0.29) is 16.7 Å². The molecule has 0 radical (unpaired) electrons. The molecule has 1 atom stereocenters. The third-order valence-electron chi connectivity index (χ3n) is 6.60. The van der Waals surface area contributed by atoms with Crippen LogP contribution in [0, 0.1) is 6.92 Å². The Kier molecular flexibility index (Phi) is 7.56. The van der Waals surface area contributed by atoms with E-state index in [1.165, 1.54) is 30.5 Å². The van der Waals surface area contributed by atoms with Gasteiger partial charge in [0.2, 0.25) is 0 Å². The highest BCUT2D eigenvalue weighted by atomic mass is 32.1. The van der Waals surface area contributed by atoms with Crippen LogP contribution in [0.25, 0.3) is 5.76 Å². The maximum atomic E-state index is 13.6. The summed E-state index contributed by atoms with van der Waals surface area (Å²) < 4.78 is 16.6. The highest BCUT2D eigenvalue weighted by Gasteiger charge is 2.48. The first-order valence-electron chi connectivity index (χ1n) is 12.4. The van der Waals surface area contributed by atoms with Crippen LogP contribution in [0.15, 0.2) is 53.4 Å². The first-order valence-corrected chi connectivity index (χ1v) is 13.3. The van der Waals surface area contributed by atoms with Gasteiger partial charge in [0, 0.05) is 27.8 Å². The Morgan fingerprint density at radius 2 is 1.68 bits per heavy atom. The SMILES string of the molecule is CCOc1ccc(/C(O)=C2/C(=O)C(=O)N(c3ccc(OC)c(OC)c3)C2c2sccc2C)cc1C(C)(C)C. The number of benzene rings is 2. The van der Waals surface area contributed by atoms with Gasteiger partial charge in [-0.15, -0.1) is 11.3 Å². The minimum absolute atomic E-state index is 0.0411. The van der Waals surface area contributed by atoms with Gasteiger partial charge in [-0.1, -0.05) is 20.8 Å². The number of rotatable bonds is 7. The molecule has 2 heterocycles. The number of anilines is 1. The number of carbonyl (C=O) groups excluding carboxylic acids is 2. The van der Waals surface area contributed by atoms with Crippen molar-refractivity contribution in [3.05, 3.63) is 75.0 Å². The number of hydrogen-bond donors (Lipinski definition) is 1. The number of hydrogen-bond acceptors (Lipinski definition) is 7. The fourth-order valence-corrected chi connectivity index (χ4v) is 5.71. The van der Waals surface area contributed by atoms with Crippen LogP contribution in [0.1, 0.15) is 55.3 Å². The Morgan fingerprint density at radius 1 is 1.00 bits per heavy atom. The number of aliphatic hydroxyl groups is 1. The van der Waals surface area contributed by atoms with Gasteiger partial charge >= 0.3 is 0 Å². The van der Waals surface area contributed by atoms with E-state index in [9.17, 15) is 14.7 Å². The second-order valence-electron chi connectivity index (χ2n) is 10.1. The largest absolute Gasteiger partial charge is 0.507 e.